The van der Waals surface area contributed by atoms with Crippen molar-refractivity contribution >= 4 is 40.1 Å². The summed E-state index contributed by atoms with van der Waals surface area (Å²) in [4.78, 5) is 48.4. The Kier molecular flexibility index (Phi) is 5.34. The van der Waals surface area contributed by atoms with E-state index in [4.69, 9.17) is 0 Å². The van der Waals surface area contributed by atoms with Gasteiger partial charge in [-0.2, -0.15) is 0 Å². The number of likely N-dealkylation sites (tertiary alicyclic amines) is 1. The summed E-state index contributed by atoms with van der Waals surface area (Å²) in [5.41, 5.74) is 3.46. The highest BCUT2D eigenvalue weighted by molar-refractivity contribution is 6.10. The van der Waals surface area contributed by atoms with Crippen molar-refractivity contribution in [3.8, 4) is 0 Å². The van der Waals surface area contributed by atoms with Gasteiger partial charge in [-0.3, -0.25) is 14.4 Å². The van der Waals surface area contributed by atoms with E-state index < -0.39 is 0 Å². The molecule has 3 amide bonds. The summed E-state index contributed by atoms with van der Waals surface area (Å²) in [5, 5.41) is 3.92. The van der Waals surface area contributed by atoms with Gasteiger partial charge in [0.15, 0.2) is 0 Å². The number of carbonyl (C=O) groups is 3. The highest BCUT2D eigenvalue weighted by Gasteiger charge is 2.29. The Morgan fingerprint density at radius 3 is 2.66 bits per heavy atom. The molecule has 0 atom stereocenters. The summed E-state index contributed by atoms with van der Waals surface area (Å²) in [7, 11) is 0. The van der Waals surface area contributed by atoms with Gasteiger partial charge in [-0.15, -0.1) is 0 Å². The number of hydrogen-bond donors (Lipinski definition) is 2. The Bertz CT molecular complexity index is 1180. The Labute approximate surface area is 185 Å². The Morgan fingerprint density at radius 2 is 1.81 bits per heavy atom. The number of anilines is 2. The molecular formula is C24H25N5O3. The predicted molar refractivity (Wildman–Crippen MR) is 121 cm³/mol. The van der Waals surface area contributed by atoms with Crippen molar-refractivity contribution in [1.82, 2.24) is 14.9 Å². The van der Waals surface area contributed by atoms with Crippen molar-refractivity contribution in [3.63, 3.8) is 0 Å². The fourth-order valence-corrected chi connectivity index (χ4v) is 4.72. The van der Waals surface area contributed by atoms with Crippen LogP contribution in [-0.4, -0.2) is 52.2 Å². The van der Waals surface area contributed by atoms with Gasteiger partial charge in [0, 0.05) is 43.7 Å². The fourth-order valence-electron chi connectivity index (χ4n) is 4.72. The molecule has 2 aliphatic heterocycles. The second kappa shape index (κ2) is 8.45. The average molecular weight is 431 g/mol. The van der Waals surface area contributed by atoms with E-state index >= 15 is 0 Å². The normalized spacial score (nSPS) is 16.7. The van der Waals surface area contributed by atoms with E-state index in [0.29, 0.717) is 30.4 Å². The Morgan fingerprint density at radius 1 is 1.03 bits per heavy atom. The minimum Gasteiger partial charge on any atom is -0.346 e. The number of amides is 3. The SMILES string of the molecule is O=C1CN(C(=O)CCC(=O)N2CCC(c3c[nH]c4ncccc34)CC2)c2ccccc2N1. The number of H-pyrrole nitrogens is 1. The molecule has 8 heteroatoms. The first-order chi connectivity index (χ1) is 15.6. The maximum atomic E-state index is 12.8. The standard InChI is InChI=1S/C24H25N5O3/c30-21-15-29(20-6-2-1-5-19(20)27-21)23(32)8-7-22(31)28-12-9-16(10-13-28)18-14-26-24-17(18)4-3-11-25-24/h1-6,11,14,16H,7-10,12-13,15H2,(H,25,26)(H,27,30). The van der Waals surface area contributed by atoms with Crippen LogP contribution in [0.2, 0.25) is 0 Å². The van der Waals surface area contributed by atoms with Gasteiger partial charge in [0.05, 0.1) is 11.4 Å². The zero-order valence-corrected chi connectivity index (χ0v) is 17.7. The molecule has 5 rings (SSSR count). The Hall–Kier alpha value is -3.68. The molecule has 0 unspecified atom stereocenters. The van der Waals surface area contributed by atoms with E-state index in [1.807, 2.05) is 29.3 Å². The molecule has 2 N–H and O–H groups in total. The van der Waals surface area contributed by atoms with E-state index in [1.54, 1.807) is 18.3 Å². The fraction of sp³-hybridized carbons (Fsp3) is 0.333. The summed E-state index contributed by atoms with van der Waals surface area (Å²) >= 11 is 0. The monoisotopic (exact) mass is 431 g/mol. The van der Waals surface area contributed by atoms with Crippen LogP contribution < -0.4 is 10.2 Å². The van der Waals surface area contributed by atoms with E-state index in [-0.39, 0.29) is 37.1 Å². The number of nitrogens with zero attached hydrogens (tertiary/aromatic N) is 3. The van der Waals surface area contributed by atoms with Crippen molar-refractivity contribution in [3.05, 3.63) is 54.4 Å². The maximum absolute atomic E-state index is 12.8. The first kappa shape index (κ1) is 20.2. The molecule has 2 aliphatic rings. The third kappa shape index (κ3) is 3.84. The molecule has 0 saturated carbocycles. The van der Waals surface area contributed by atoms with Crippen LogP contribution >= 0.6 is 0 Å². The van der Waals surface area contributed by atoms with Crippen molar-refractivity contribution in [2.24, 2.45) is 0 Å². The number of para-hydroxylation sites is 2. The molecule has 8 nitrogen and oxygen atoms in total. The average Bonchev–Trinajstić information content (AvgIpc) is 3.26. The smallest absolute Gasteiger partial charge is 0.244 e. The number of pyridine rings is 1. The predicted octanol–water partition coefficient (Wildman–Crippen LogP) is 3.03. The number of piperidine rings is 1. The van der Waals surface area contributed by atoms with Crippen molar-refractivity contribution < 1.29 is 14.4 Å². The molecule has 3 aromatic rings. The minimum absolute atomic E-state index is 0.00728. The molecule has 0 bridgehead atoms. The summed E-state index contributed by atoms with van der Waals surface area (Å²) in [6.07, 6.45) is 5.84. The van der Waals surface area contributed by atoms with Gasteiger partial charge >= 0.3 is 0 Å². The lowest BCUT2D eigenvalue weighted by Crippen LogP contribution is -2.43. The molecule has 0 spiro atoms. The first-order valence-electron chi connectivity index (χ1n) is 11.0. The van der Waals surface area contributed by atoms with Gasteiger partial charge in [-0.1, -0.05) is 12.1 Å². The zero-order chi connectivity index (χ0) is 22.1. The van der Waals surface area contributed by atoms with Gasteiger partial charge in [0.25, 0.3) is 0 Å². The van der Waals surface area contributed by atoms with Crippen LogP contribution in [0, 0.1) is 0 Å². The Balaban J connectivity index is 1.16. The van der Waals surface area contributed by atoms with Crippen molar-refractivity contribution in [1.29, 1.82) is 0 Å². The minimum atomic E-state index is -0.224. The third-order valence-electron chi connectivity index (χ3n) is 6.40. The molecule has 1 saturated heterocycles. The molecule has 4 heterocycles. The lowest BCUT2D eigenvalue weighted by molar-refractivity contribution is -0.134. The third-order valence-corrected chi connectivity index (χ3v) is 6.40. The topological polar surface area (TPSA) is 98.4 Å². The van der Waals surface area contributed by atoms with Crippen LogP contribution in [0.15, 0.2) is 48.8 Å². The van der Waals surface area contributed by atoms with Gasteiger partial charge in [-0.05, 0) is 48.6 Å². The van der Waals surface area contributed by atoms with E-state index in [1.165, 1.54) is 10.5 Å². The van der Waals surface area contributed by atoms with Crippen LogP contribution in [0.1, 0.15) is 37.2 Å². The van der Waals surface area contributed by atoms with Crippen LogP contribution in [0.4, 0.5) is 11.4 Å². The largest absolute Gasteiger partial charge is 0.346 e. The number of aromatic nitrogens is 2. The van der Waals surface area contributed by atoms with E-state index in [9.17, 15) is 14.4 Å². The second-order valence-electron chi connectivity index (χ2n) is 8.34. The number of hydrogen-bond acceptors (Lipinski definition) is 4. The second-order valence-corrected chi connectivity index (χ2v) is 8.34. The number of benzene rings is 1. The van der Waals surface area contributed by atoms with Gasteiger partial charge < -0.3 is 20.1 Å². The maximum Gasteiger partial charge on any atom is 0.244 e. The van der Waals surface area contributed by atoms with E-state index in [0.717, 1.165) is 23.9 Å². The molecule has 32 heavy (non-hydrogen) atoms. The van der Waals surface area contributed by atoms with Crippen molar-refractivity contribution in [2.45, 2.75) is 31.6 Å². The lowest BCUT2D eigenvalue weighted by Gasteiger charge is -2.32. The highest BCUT2D eigenvalue weighted by Crippen LogP contribution is 2.33. The molecule has 0 aliphatic carbocycles. The first-order valence-corrected chi connectivity index (χ1v) is 11.0. The van der Waals surface area contributed by atoms with Gasteiger partial charge in [0.1, 0.15) is 12.2 Å². The summed E-state index contributed by atoms with van der Waals surface area (Å²) < 4.78 is 0. The molecule has 164 valence electrons. The summed E-state index contributed by atoms with van der Waals surface area (Å²) in [5.74, 6) is -0.0473. The number of rotatable bonds is 4. The zero-order valence-electron chi connectivity index (χ0n) is 17.7. The highest BCUT2D eigenvalue weighted by atomic mass is 16.2. The molecule has 1 fully saturated rings. The van der Waals surface area contributed by atoms with Gasteiger partial charge in [-0.25, -0.2) is 4.98 Å². The quantitative estimate of drug-likeness (QED) is 0.663. The molecular weight excluding hydrogens is 406 g/mol. The van der Waals surface area contributed by atoms with Crippen molar-refractivity contribution in [2.75, 3.05) is 29.9 Å². The number of fused-ring (bicyclic) bond motifs is 2. The van der Waals surface area contributed by atoms with Gasteiger partial charge in [0.2, 0.25) is 17.7 Å². The van der Waals surface area contributed by atoms with Crippen LogP contribution in [0.5, 0.6) is 0 Å². The number of nitrogens with one attached hydrogen (secondary N) is 2. The lowest BCUT2D eigenvalue weighted by atomic mass is 9.89. The van der Waals surface area contributed by atoms with Crippen LogP contribution in [-0.2, 0) is 14.4 Å². The number of aromatic amines is 1. The summed E-state index contributed by atoms with van der Waals surface area (Å²) in [6.45, 7) is 1.34. The summed E-state index contributed by atoms with van der Waals surface area (Å²) in [6, 6.07) is 11.2. The van der Waals surface area contributed by atoms with E-state index in [2.05, 4.69) is 21.4 Å². The number of carbonyl (C=O) groups excluding carboxylic acids is 3. The van der Waals surface area contributed by atoms with Crippen LogP contribution in [0.25, 0.3) is 11.0 Å². The van der Waals surface area contributed by atoms with Crippen LogP contribution in [0.3, 0.4) is 0 Å². The molecule has 2 aromatic heterocycles. The molecule has 1 aromatic carbocycles. The molecule has 0 radical (unpaired) electrons.